The summed E-state index contributed by atoms with van der Waals surface area (Å²) in [4.78, 5) is 31.8. The van der Waals surface area contributed by atoms with Crippen LogP contribution in [0.1, 0.15) is 47.4 Å². The second kappa shape index (κ2) is 8.01. The van der Waals surface area contributed by atoms with Crippen LogP contribution in [0.4, 0.5) is 0 Å². The van der Waals surface area contributed by atoms with Crippen LogP contribution in [0.25, 0.3) is 10.8 Å². The van der Waals surface area contributed by atoms with Crippen LogP contribution in [0.2, 0.25) is 0 Å². The van der Waals surface area contributed by atoms with Crippen LogP contribution in [0, 0.1) is 5.92 Å². The molecular formula is C24H26N4O2. The molecule has 0 spiro atoms. The summed E-state index contributed by atoms with van der Waals surface area (Å²) in [5.41, 5.74) is 2.76. The molecule has 5 rings (SSSR count). The van der Waals surface area contributed by atoms with Crippen molar-refractivity contribution >= 4 is 16.7 Å². The SMILES string of the molecule is O=C(c1nccc2ccccc12)N1CCC(Cn2nc3c(cc2=O)CCCC3)CC1. The number of rotatable bonds is 3. The van der Waals surface area contributed by atoms with Gasteiger partial charge in [-0.15, -0.1) is 0 Å². The fraction of sp³-hybridized carbons (Fsp3) is 0.417. The summed E-state index contributed by atoms with van der Waals surface area (Å²) in [6, 6.07) is 11.6. The van der Waals surface area contributed by atoms with Gasteiger partial charge in [-0.3, -0.25) is 14.6 Å². The Morgan fingerprint density at radius 2 is 1.87 bits per heavy atom. The van der Waals surface area contributed by atoms with Gasteiger partial charge >= 0.3 is 0 Å². The van der Waals surface area contributed by atoms with Crippen molar-refractivity contribution in [2.24, 2.45) is 5.92 Å². The molecule has 0 bridgehead atoms. The minimum absolute atomic E-state index is 0.00526. The van der Waals surface area contributed by atoms with Gasteiger partial charge in [-0.05, 0) is 61.5 Å². The number of fused-ring (bicyclic) bond motifs is 2. The fourth-order valence-electron chi connectivity index (χ4n) is 4.73. The first-order valence-corrected chi connectivity index (χ1v) is 10.9. The minimum atomic E-state index is -0.00526. The number of likely N-dealkylation sites (tertiary alicyclic amines) is 1. The van der Waals surface area contributed by atoms with E-state index >= 15 is 0 Å². The first-order chi connectivity index (χ1) is 14.7. The Morgan fingerprint density at radius 1 is 1.07 bits per heavy atom. The second-order valence-electron chi connectivity index (χ2n) is 8.46. The third-order valence-electron chi connectivity index (χ3n) is 6.48. The number of pyridine rings is 1. The van der Waals surface area contributed by atoms with E-state index in [1.165, 1.54) is 0 Å². The summed E-state index contributed by atoms with van der Waals surface area (Å²) < 4.78 is 1.65. The Labute approximate surface area is 175 Å². The maximum Gasteiger partial charge on any atom is 0.273 e. The molecule has 0 atom stereocenters. The molecule has 1 aliphatic heterocycles. The molecule has 1 amide bonds. The smallest absolute Gasteiger partial charge is 0.273 e. The average molecular weight is 402 g/mol. The largest absolute Gasteiger partial charge is 0.337 e. The number of piperidine rings is 1. The molecule has 0 N–H and O–H groups in total. The van der Waals surface area contributed by atoms with Crippen LogP contribution in [0.3, 0.4) is 0 Å². The number of nitrogens with zero attached hydrogens (tertiary/aromatic N) is 4. The lowest BCUT2D eigenvalue weighted by Gasteiger charge is -2.32. The van der Waals surface area contributed by atoms with Gasteiger partial charge in [0.15, 0.2) is 0 Å². The number of aryl methyl sites for hydroxylation is 2. The van der Waals surface area contributed by atoms with E-state index < -0.39 is 0 Å². The molecule has 30 heavy (non-hydrogen) atoms. The summed E-state index contributed by atoms with van der Waals surface area (Å²) in [6.07, 6.45) is 7.71. The number of carbonyl (C=O) groups excluding carboxylic acids is 1. The van der Waals surface area contributed by atoms with Gasteiger partial charge in [0.25, 0.3) is 11.5 Å². The maximum atomic E-state index is 13.1. The van der Waals surface area contributed by atoms with Crippen molar-refractivity contribution in [2.75, 3.05) is 13.1 Å². The number of carbonyl (C=O) groups is 1. The highest BCUT2D eigenvalue weighted by Gasteiger charge is 2.26. The Bertz CT molecular complexity index is 1140. The van der Waals surface area contributed by atoms with Gasteiger partial charge in [-0.25, -0.2) is 4.68 Å². The maximum absolute atomic E-state index is 13.1. The van der Waals surface area contributed by atoms with Crippen LogP contribution in [0.5, 0.6) is 0 Å². The lowest BCUT2D eigenvalue weighted by molar-refractivity contribution is 0.0676. The summed E-state index contributed by atoms with van der Waals surface area (Å²) in [7, 11) is 0. The van der Waals surface area contributed by atoms with E-state index in [2.05, 4.69) is 10.1 Å². The number of hydrogen-bond donors (Lipinski definition) is 0. The number of amides is 1. The first kappa shape index (κ1) is 19.0. The topological polar surface area (TPSA) is 68.1 Å². The van der Waals surface area contributed by atoms with Gasteiger partial charge in [-0.1, -0.05) is 24.3 Å². The molecule has 0 radical (unpaired) electrons. The molecule has 2 aliphatic rings. The molecular weight excluding hydrogens is 376 g/mol. The van der Waals surface area contributed by atoms with Crippen molar-refractivity contribution in [2.45, 2.75) is 45.1 Å². The van der Waals surface area contributed by atoms with Crippen molar-refractivity contribution in [3.8, 4) is 0 Å². The number of aromatic nitrogens is 3. The zero-order chi connectivity index (χ0) is 20.5. The van der Waals surface area contributed by atoms with Gasteiger partial charge in [0, 0.05) is 37.3 Å². The third kappa shape index (κ3) is 3.62. The van der Waals surface area contributed by atoms with Gasteiger partial charge < -0.3 is 4.90 Å². The van der Waals surface area contributed by atoms with Crippen molar-refractivity contribution in [1.29, 1.82) is 0 Å². The zero-order valence-electron chi connectivity index (χ0n) is 17.1. The molecule has 1 aromatic carbocycles. The van der Waals surface area contributed by atoms with E-state index in [4.69, 9.17) is 0 Å². The van der Waals surface area contributed by atoms with Crippen molar-refractivity contribution < 1.29 is 4.79 Å². The van der Waals surface area contributed by atoms with Crippen molar-refractivity contribution in [3.05, 3.63) is 69.9 Å². The third-order valence-corrected chi connectivity index (χ3v) is 6.48. The molecule has 1 saturated heterocycles. The average Bonchev–Trinajstić information content (AvgIpc) is 2.79. The molecule has 0 unspecified atom stereocenters. The molecule has 1 aliphatic carbocycles. The molecule has 154 valence electrons. The predicted molar refractivity (Wildman–Crippen MR) is 116 cm³/mol. The van der Waals surface area contributed by atoms with Gasteiger partial charge in [-0.2, -0.15) is 5.10 Å². The van der Waals surface area contributed by atoms with E-state index in [0.717, 1.165) is 60.6 Å². The molecule has 0 saturated carbocycles. The molecule has 2 aromatic heterocycles. The molecule has 1 fully saturated rings. The van der Waals surface area contributed by atoms with Crippen LogP contribution < -0.4 is 5.56 Å². The predicted octanol–water partition coefficient (Wildman–Crippen LogP) is 3.22. The van der Waals surface area contributed by atoms with Gasteiger partial charge in [0.05, 0.1) is 5.69 Å². The Kier molecular flexibility index (Phi) is 5.07. The zero-order valence-corrected chi connectivity index (χ0v) is 17.1. The number of benzene rings is 1. The summed E-state index contributed by atoms with van der Waals surface area (Å²) in [5, 5.41) is 6.59. The Morgan fingerprint density at radius 3 is 2.73 bits per heavy atom. The van der Waals surface area contributed by atoms with Crippen LogP contribution in [0.15, 0.2) is 47.4 Å². The van der Waals surface area contributed by atoms with E-state index in [1.807, 2.05) is 35.2 Å². The van der Waals surface area contributed by atoms with E-state index in [9.17, 15) is 9.59 Å². The Balaban J connectivity index is 1.27. The van der Waals surface area contributed by atoms with Crippen LogP contribution >= 0.6 is 0 Å². The van der Waals surface area contributed by atoms with E-state index in [1.54, 1.807) is 16.9 Å². The summed E-state index contributed by atoms with van der Waals surface area (Å²) in [5.74, 6) is 0.357. The van der Waals surface area contributed by atoms with Crippen molar-refractivity contribution in [3.63, 3.8) is 0 Å². The van der Waals surface area contributed by atoms with Crippen LogP contribution in [-0.4, -0.2) is 38.7 Å². The summed E-state index contributed by atoms with van der Waals surface area (Å²) in [6.45, 7) is 2.02. The molecule has 3 aromatic rings. The van der Waals surface area contributed by atoms with Crippen LogP contribution in [-0.2, 0) is 19.4 Å². The fourth-order valence-corrected chi connectivity index (χ4v) is 4.73. The minimum Gasteiger partial charge on any atom is -0.337 e. The second-order valence-corrected chi connectivity index (χ2v) is 8.46. The van der Waals surface area contributed by atoms with E-state index in [-0.39, 0.29) is 11.5 Å². The molecule has 6 nitrogen and oxygen atoms in total. The normalized spacial score (nSPS) is 17.1. The Hall–Kier alpha value is -3.02. The molecule has 3 heterocycles. The highest BCUT2D eigenvalue weighted by molar-refractivity contribution is 6.05. The lowest BCUT2D eigenvalue weighted by Crippen LogP contribution is -2.40. The highest BCUT2D eigenvalue weighted by Crippen LogP contribution is 2.23. The van der Waals surface area contributed by atoms with Crippen molar-refractivity contribution in [1.82, 2.24) is 19.7 Å². The molecule has 6 heteroatoms. The van der Waals surface area contributed by atoms with E-state index in [0.29, 0.717) is 31.2 Å². The van der Waals surface area contributed by atoms with Gasteiger partial charge in [0.2, 0.25) is 0 Å². The quantitative estimate of drug-likeness (QED) is 0.675. The lowest BCUT2D eigenvalue weighted by atomic mass is 9.95. The first-order valence-electron chi connectivity index (χ1n) is 10.9. The summed E-state index contributed by atoms with van der Waals surface area (Å²) >= 11 is 0. The van der Waals surface area contributed by atoms with Gasteiger partial charge in [0.1, 0.15) is 5.69 Å². The monoisotopic (exact) mass is 402 g/mol. The number of hydrogen-bond acceptors (Lipinski definition) is 4. The standard InChI is InChI=1S/C24H26N4O2/c29-22-15-19-6-2-4-8-21(19)26-28(22)16-17-10-13-27(14-11-17)24(30)23-20-7-3-1-5-18(20)9-12-25-23/h1,3,5,7,9,12,15,17H,2,4,6,8,10-11,13-14,16H2. The highest BCUT2D eigenvalue weighted by atomic mass is 16.2.